The number of amides is 1. The molecule has 1 amide bonds. The Kier molecular flexibility index (Phi) is 5.60. The third kappa shape index (κ3) is 4.14. The lowest BCUT2D eigenvalue weighted by molar-refractivity contribution is -0.143. The number of anilines is 1. The van der Waals surface area contributed by atoms with Gasteiger partial charge in [-0.15, -0.1) is 0 Å². The molecular weight excluding hydrogens is 460 g/mol. The number of alkyl halides is 6. The van der Waals surface area contributed by atoms with Gasteiger partial charge in [-0.1, -0.05) is 0 Å². The number of aliphatic hydroxyl groups is 1. The number of methoxy groups -OCH3 is 1. The number of hydrogen-bond acceptors (Lipinski definition) is 5. The molecule has 2 aliphatic rings. The molecule has 0 saturated carbocycles. The Morgan fingerprint density at radius 2 is 1.94 bits per heavy atom. The minimum absolute atomic E-state index is 0.0112. The first-order chi connectivity index (χ1) is 15.3. The number of nitrogens with one attached hydrogen (secondary N) is 1. The van der Waals surface area contributed by atoms with E-state index in [1.165, 1.54) is 13.1 Å². The van der Waals surface area contributed by atoms with Crippen LogP contribution in [0, 0.1) is 5.92 Å². The van der Waals surface area contributed by atoms with Gasteiger partial charge >= 0.3 is 12.4 Å². The lowest BCUT2D eigenvalue weighted by atomic mass is 9.73. The minimum Gasteiger partial charge on any atom is -0.496 e. The molecule has 1 aromatic carbocycles. The van der Waals surface area contributed by atoms with Crippen molar-refractivity contribution in [3.05, 3.63) is 41.2 Å². The van der Waals surface area contributed by atoms with Crippen LogP contribution in [0.1, 0.15) is 29.2 Å². The van der Waals surface area contributed by atoms with Crippen LogP contribution in [0.15, 0.2) is 24.4 Å². The fraction of sp³-hybridized carbons (Fsp3) is 0.500. The number of nitrogens with zero attached hydrogens (tertiary/aromatic N) is 2. The summed E-state index contributed by atoms with van der Waals surface area (Å²) >= 11 is 0. The molecule has 180 valence electrons. The van der Waals surface area contributed by atoms with Gasteiger partial charge in [0.25, 0.3) is 0 Å². The number of fused-ring (bicyclic) bond motifs is 2. The second-order valence-electron chi connectivity index (χ2n) is 8.00. The van der Waals surface area contributed by atoms with E-state index in [4.69, 9.17) is 9.47 Å². The molecule has 0 spiro atoms. The fourth-order valence-electron chi connectivity index (χ4n) is 4.62. The average Bonchev–Trinajstić information content (AvgIpc) is 3.38. The summed E-state index contributed by atoms with van der Waals surface area (Å²) in [5.74, 6) is -3.64. The first-order valence-corrected chi connectivity index (χ1v) is 9.81. The molecule has 33 heavy (non-hydrogen) atoms. The third-order valence-corrected chi connectivity index (χ3v) is 5.89. The van der Waals surface area contributed by atoms with Crippen molar-refractivity contribution in [2.75, 3.05) is 12.4 Å². The molecule has 2 aliphatic heterocycles. The molecule has 0 radical (unpaired) electrons. The maximum atomic E-state index is 13.6. The highest BCUT2D eigenvalue weighted by Gasteiger charge is 2.59. The fourth-order valence-corrected chi connectivity index (χ4v) is 4.62. The van der Waals surface area contributed by atoms with Crippen LogP contribution in [0.4, 0.5) is 32.0 Å². The Balaban J connectivity index is 1.68. The second kappa shape index (κ2) is 7.90. The number of carbonyl (C=O) groups excluding carboxylic acids is 1. The highest BCUT2D eigenvalue weighted by Crippen LogP contribution is 2.51. The van der Waals surface area contributed by atoms with E-state index < -0.39 is 65.4 Å². The van der Waals surface area contributed by atoms with Crippen molar-refractivity contribution in [1.82, 2.24) is 9.78 Å². The number of halogens is 6. The standard InChI is InChI=1S/C20H19F6N3O4/c1-29-7-9(17(28-29)20(24,25)26)14-15(13-6-11(30)16(14)33-13)18(31)27-8-3-4-12(32-2)10(5-8)19(21,22)23/h3-5,7,11,13-16,30H,6H2,1-2H3,(H,27,31). The van der Waals surface area contributed by atoms with Crippen LogP contribution >= 0.6 is 0 Å². The summed E-state index contributed by atoms with van der Waals surface area (Å²) < 4.78 is 91.8. The van der Waals surface area contributed by atoms with E-state index in [9.17, 15) is 36.2 Å². The molecule has 2 N–H and O–H groups in total. The summed E-state index contributed by atoms with van der Waals surface area (Å²) in [5.41, 5.74) is -2.86. The Morgan fingerprint density at radius 3 is 2.55 bits per heavy atom. The van der Waals surface area contributed by atoms with Gasteiger partial charge in [0.05, 0.1) is 36.9 Å². The molecular formula is C20H19F6N3O4. The number of aliphatic hydroxyl groups excluding tert-OH is 1. The first kappa shape index (κ1) is 23.4. The number of carbonyl (C=O) groups is 1. The lowest BCUT2D eigenvalue weighted by Crippen LogP contribution is -2.41. The molecule has 2 aromatic rings. The van der Waals surface area contributed by atoms with Gasteiger partial charge < -0.3 is 19.9 Å². The first-order valence-electron chi connectivity index (χ1n) is 9.81. The van der Waals surface area contributed by atoms with Crippen molar-refractivity contribution in [2.45, 2.75) is 43.0 Å². The van der Waals surface area contributed by atoms with Crippen LogP contribution in [0.25, 0.3) is 0 Å². The molecule has 4 rings (SSSR count). The molecule has 2 saturated heterocycles. The zero-order valence-electron chi connectivity index (χ0n) is 17.2. The number of ether oxygens (including phenoxy) is 2. The highest BCUT2D eigenvalue weighted by atomic mass is 19.4. The van der Waals surface area contributed by atoms with Gasteiger partial charge in [0.15, 0.2) is 5.69 Å². The largest absolute Gasteiger partial charge is 0.496 e. The Bertz CT molecular complexity index is 1070. The van der Waals surface area contributed by atoms with E-state index >= 15 is 0 Å². The Morgan fingerprint density at radius 1 is 1.24 bits per heavy atom. The van der Waals surface area contributed by atoms with Crippen molar-refractivity contribution in [2.24, 2.45) is 13.0 Å². The third-order valence-electron chi connectivity index (χ3n) is 5.89. The number of rotatable bonds is 4. The zero-order valence-corrected chi connectivity index (χ0v) is 17.2. The molecule has 2 bridgehead atoms. The van der Waals surface area contributed by atoms with Gasteiger partial charge in [0.2, 0.25) is 5.91 Å². The van der Waals surface area contributed by atoms with Crippen molar-refractivity contribution in [3.63, 3.8) is 0 Å². The van der Waals surface area contributed by atoms with E-state index in [1.54, 1.807) is 0 Å². The Labute approximate surface area is 183 Å². The summed E-state index contributed by atoms with van der Waals surface area (Å²) in [4.78, 5) is 13.1. The summed E-state index contributed by atoms with van der Waals surface area (Å²) in [7, 11) is 2.35. The van der Waals surface area contributed by atoms with Crippen LogP contribution < -0.4 is 10.1 Å². The zero-order chi connectivity index (χ0) is 24.3. The molecule has 5 atom stereocenters. The van der Waals surface area contributed by atoms with Crippen LogP contribution in [0.3, 0.4) is 0 Å². The predicted octanol–water partition coefficient (Wildman–Crippen LogP) is 3.34. The molecule has 13 heteroatoms. The highest BCUT2D eigenvalue weighted by molar-refractivity contribution is 5.94. The maximum Gasteiger partial charge on any atom is 0.435 e. The molecule has 0 aliphatic carbocycles. The summed E-state index contributed by atoms with van der Waals surface area (Å²) in [5, 5.41) is 16.0. The molecule has 2 fully saturated rings. The van der Waals surface area contributed by atoms with Gasteiger partial charge in [-0.3, -0.25) is 9.48 Å². The molecule has 1 aromatic heterocycles. The molecule has 5 unspecified atom stereocenters. The normalized spacial score (nSPS) is 27.1. The van der Waals surface area contributed by atoms with Gasteiger partial charge in [0.1, 0.15) is 5.75 Å². The van der Waals surface area contributed by atoms with Crippen molar-refractivity contribution < 1.29 is 45.7 Å². The predicted molar refractivity (Wildman–Crippen MR) is 100 cm³/mol. The van der Waals surface area contributed by atoms with Gasteiger partial charge in [-0.2, -0.15) is 31.4 Å². The summed E-state index contributed by atoms with van der Waals surface area (Å²) in [6, 6.07) is 2.90. The number of benzene rings is 1. The number of aryl methyl sites for hydroxylation is 1. The number of aromatic nitrogens is 2. The van der Waals surface area contributed by atoms with Crippen LogP contribution in [-0.4, -0.2) is 46.2 Å². The Hall–Kier alpha value is -2.80. The van der Waals surface area contributed by atoms with E-state index in [-0.39, 0.29) is 17.7 Å². The average molecular weight is 479 g/mol. The van der Waals surface area contributed by atoms with Crippen LogP contribution in [0.2, 0.25) is 0 Å². The van der Waals surface area contributed by atoms with E-state index in [2.05, 4.69) is 10.4 Å². The van der Waals surface area contributed by atoms with Crippen molar-refractivity contribution in [3.8, 4) is 5.75 Å². The quantitative estimate of drug-likeness (QED) is 0.658. The van der Waals surface area contributed by atoms with Gasteiger partial charge in [0, 0.05) is 36.8 Å². The topological polar surface area (TPSA) is 85.6 Å². The van der Waals surface area contributed by atoms with Gasteiger partial charge in [-0.05, 0) is 18.2 Å². The lowest BCUT2D eigenvalue weighted by Gasteiger charge is -2.30. The van der Waals surface area contributed by atoms with E-state index in [1.807, 2.05) is 0 Å². The van der Waals surface area contributed by atoms with Crippen molar-refractivity contribution in [1.29, 1.82) is 0 Å². The molecule has 3 heterocycles. The van der Waals surface area contributed by atoms with E-state index in [0.29, 0.717) is 6.07 Å². The SMILES string of the molecule is COc1ccc(NC(=O)C2C3CC(O)C(O3)C2c2cn(C)nc2C(F)(F)F)cc1C(F)(F)F. The maximum absolute atomic E-state index is 13.6. The van der Waals surface area contributed by atoms with Crippen LogP contribution in [-0.2, 0) is 28.9 Å². The number of hydrogen-bond donors (Lipinski definition) is 2. The second-order valence-corrected chi connectivity index (χ2v) is 8.00. The van der Waals surface area contributed by atoms with E-state index in [0.717, 1.165) is 24.1 Å². The smallest absolute Gasteiger partial charge is 0.435 e. The summed E-state index contributed by atoms with van der Waals surface area (Å²) in [6.45, 7) is 0. The molecule has 7 nitrogen and oxygen atoms in total. The summed E-state index contributed by atoms with van der Waals surface area (Å²) in [6.07, 6.45) is -11.5. The minimum atomic E-state index is -4.82. The van der Waals surface area contributed by atoms with Crippen LogP contribution in [0.5, 0.6) is 5.75 Å². The van der Waals surface area contributed by atoms with Crippen molar-refractivity contribution >= 4 is 11.6 Å². The monoisotopic (exact) mass is 479 g/mol. The van der Waals surface area contributed by atoms with Gasteiger partial charge in [-0.25, -0.2) is 0 Å².